The first kappa shape index (κ1) is 11.0. The van der Waals surface area contributed by atoms with Gasteiger partial charge in [-0.05, 0) is 31.1 Å². The van der Waals surface area contributed by atoms with E-state index < -0.39 is 0 Å². The summed E-state index contributed by atoms with van der Waals surface area (Å²) in [5.41, 5.74) is 0.571. The molecular weight excluding hydrogens is 198 g/mol. The Bertz CT molecular complexity index is 268. The molecule has 2 saturated carbocycles. The van der Waals surface area contributed by atoms with E-state index in [0.29, 0.717) is 17.6 Å². The van der Waals surface area contributed by atoms with Crippen LogP contribution in [0.25, 0.3) is 0 Å². The molecule has 2 unspecified atom stereocenters. The minimum absolute atomic E-state index is 0.204. The van der Waals surface area contributed by atoms with Crippen molar-refractivity contribution in [3.05, 3.63) is 0 Å². The van der Waals surface area contributed by atoms with Gasteiger partial charge in [0.05, 0.1) is 11.7 Å². The van der Waals surface area contributed by atoms with Crippen LogP contribution in [0.4, 0.5) is 0 Å². The Morgan fingerprint density at radius 1 is 1.06 bits per heavy atom. The zero-order chi connectivity index (χ0) is 11.2. The van der Waals surface area contributed by atoms with E-state index >= 15 is 0 Å². The lowest BCUT2D eigenvalue weighted by Crippen LogP contribution is -2.63. The second-order valence-electron chi connectivity index (χ2n) is 6.80. The summed E-state index contributed by atoms with van der Waals surface area (Å²) in [5.74, 6) is 0. The topological polar surface area (TPSA) is 21.3 Å². The fourth-order valence-electron chi connectivity index (χ4n) is 4.01. The largest absolute Gasteiger partial charge is 0.368 e. The van der Waals surface area contributed by atoms with Crippen LogP contribution in [-0.2, 0) is 4.74 Å². The molecular formula is C14H25NO. The monoisotopic (exact) mass is 223 g/mol. The second kappa shape index (κ2) is 3.71. The van der Waals surface area contributed by atoms with Gasteiger partial charge < -0.3 is 10.1 Å². The standard InChI is InChI=1S/C14H25NO/c1-13(2)7-5-6-11-12(13)16-14(10-15-11)8-3-4-9-14/h11-12,15H,3-10H2,1-2H3. The summed E-state index contributed by atoms with van der Waals surface area (Å²) in [6, 6.07) is 0.620. The second-order valence-corrected chi connectivity index (χ2v) is 6.80. The Kier molecular flexibility index (Phi) is 2.56. The molecule has 0 radical (unpaired) electrons. The molecule has 0 aromatic heterocycles. The van der Waals surface area contributed by atoms with E-state index in [-0.39, 0.29) is 5.60 Å². The highest BCUT2D eigenvalue weighted by molar-refractivity contribution is 5.02. The van der Waals surface area contributed by atoms with Gasteiger partial charge in [-0.15, -0.1) is 0 Å². The van der Waals surface area contributed by atoms with Gasteiger partial charge in [-0.25, -0.2) is 0 Å². The van der Waals surface area contributed by atoms with Crippen LogP contribution in [-0.4, -0.2) is 24.3 Å². The normalized spacial score (nSPS) is 40.9. The predicted molar refractivity (Wildman–Crippen MR) is 65.5 cm³/mol. The van der Waals surface area contributed by atoms with Crippen molar-refractivity contribution in [1.29, 1.82) is 0 Å². The molecule has 3 aliphatic rings. The summed E-state index contributed by atoms with van der Waals surface area (Å²) in [5, 5.41) is 3.78. The highest BCUT2D eigenvalue weighted by Gasteiger charge is 2.49. The van der Waals surface area contributed by atoms with Crippen LogP contribution in [0.5, 0.6) is 0 Å². The van der Waals surface area contributed by atoms with E-state index in [9.17, 15) is 0 Å². The molecule has 2 nitrogen and oxygen atoms in total. The van der Waals surface area contributed by atoms with Crippen LogP contribution < -0.4 is 5.32 Å². The Labute approximate surface area is 99.1 Å². The van der Waals surface area contributed by atoms with Crippen LogP contribution in [0.3, 0.4) is 0 Å². The lowest BCUT2D eigenvalue weighted by Gasteiger charge is -2.52. The third kappa shape index (κ3) is 1.70. The maximum absolute atomic E-state index is 6.59. The first-order chi connectivity index (χ1) is 7.61. The predicted octanol–water partition coefficient (Wildman–Crippen LogP) is 2.87. The van der Waals surface area contributed by atoms with E-state index in [0.717, 1.165) is 6.54 Å². The Morgan fingerprint density at radius 2 is 1.81 bits per heavy atom. The molecule has 2 heteroatoms. The molecule has 0 aromatic carbocycles. The Morgan fingerprint density at radius 3 is 2.56 bits per heavy atom. The van der Waals surface area contributed by atoms with Gasteiger partial charge in [0.1, 0.15) is 0 Å². The van der Waals surface area contributed by atoms with Crippen LogP contribution in [0.1, 0.15) is 58.8 Å². The smallest absolute Gasteiger partial charge is 0.0811 e. The van der Waals surface area contributed by atoms with Crippen LogP contribution in [0.2, 0.25) is 0 Å². The number of ether oxygens (including phenoxy) is 1. The van der Waals surface area contributed by atoms with Gasteiger partial charge >= 0.3 is 0 Å². The maximum Gasteiger partial charge on any atom is 0.0811 e. The molecule has 2 atom stereocenters. The minimum atomic E-state index is 0.204. The fourth-order valence-corrected chi connectivity index (χ4v) is 4.01. The quantitative estimate of drug-likeness (QED) is 0.682. The average Bonchev–Trinajstić information content (AvgIpc) is 2.68. The molecule has 92 valence electrons. The first-order valence-electron chi connectivity index (χ1n) is 7.03. The Balaban J connectivity index is 1.79. The summed E-state index contributed by atoms with van der Waals surface area (Å²) in [6.45, 7) is 5.88. The SMILES string of the molecule is CC1(C)CCCC2NCC3(CCCC3)OC21. The third-order valence-corrected chi connectivity index (χ3v) is 5.05. The third-order valence-electron chi connectivity index (χ3n) is 5.05. The first-order valence-corrected chi connectivity index (χ1v) is 7.03. The summed E-state index contributed by atoms with van der Waals surface area (Å²) in [7, 11) is 0. The lowest BCUT2D eigenvalue weighted by molar-refractivity contribution is -0.183. The molecule has 2 aliphatic carbocycles. The van der Waals surface area contributed by atoms with Gasteiger partial charge in [0.15, 0.2) is 0 Å². The number of fused-ring (bicyclic) bond motifs is 1. The molecule has 0 amide bonds. The molecule has 3 rings (SSSR count). The highest BCUT2D eigenvalue weighted by atomic mass is 16.5. The van der Waals surface area contributed by atoms with E-state index in [1.165, 1.54) is 44.9 Å². The molecule has 1 aliphatic heterocycles. The van der Waals surface area contributed by atoms with Crippen LogP contribution >= 0.6 is 0 Å². The van der Waals surface area contributed by atoms with Crippen LogP contribution in [0, 0.1) is 5.41 Å². The number of nitrogens with one attached hydrogen (secondary N) is 1. The minimum Gasteiger partial charge on any atom is -0.368 e. The van der Waals surface area contributed by atoms with E-state index in [2.05, 4.69) is 19.2 Å². The summed E-state index contributed by atoms with van der Waals surface area (Å²) in [4.78, 5) is 0. The van der Waals surface area contributed by atoms with Crippen LogP contribution in [0.15, 0.2) is 0 Å². The molecule has 16 heavy (non-hydrogen) atoms. The Hall–Kier alpha value is -0.0800. The highest BCUT2D eigenvalue weighted by Crippen LogP contribution is 2.45. The number of morpholine rings is 1. The lowest BCUT2D eigenvalue weighted by atomic mass is 9.71. The van der Waals surface area contributed by atoms with E-state index in [1.54, 1.807) is 0 Å². The van der Waals surface area contributed by atoms with Crippen molar-refractivity contribution in [1.82, 2.24) is 5.32 Å². The van der Waals surface area contributed by atoms with Gasteiger partial charge in [-0.2, -0.15) is 0 Å². The molecule has 0 bridgehead atoms. The summed E-state index contributed by atoms with van der Waals surface area (Å²) in [6.07, 6.45) is 9.72. The van der Waals surface area contributed by atoms with E-state index in [4.69, 9.17) is 4.74 Å². The molecule has 1 heterocycles. The van der Waals surface area contributed by atoms with Crippen molar-refractivity contribution in [3.63, 3.8) is 0 Å². The number of rotatable bonds is 0. The fraction of sp³-hybridized carbons (Fsp3) is 1.00. The molecule has 1 saturated heterocycles. The van der Waals surface area contributed by atoms with Crippen molar-refractivity contribution in [3.8, 4) is 0 Å². The van der Waals surface area contributed by atoms with Gasteiger partial charge in [-0.1, -0.05) is 33.1 Å². The van der Waals surface area contributed by atoms with Gasteiger partial charge in [0.25, 0.3) is 0 Å². The zero-order valence-electron chi connectivity index (χ0n) is 10.7. The zero-order valence-corrected chi connectivity index (χ0v) is 10.7. The molecule has 3 fully saturated rings. The van der Waals surface area contributed by atoms with Crippen molar-refractivity contribution in [2.24, 2.45) is 5.41 Å². The van der Waals surface area contributed by atoms with Crippen molar-refractivity contribution < 1.29 is 4.74 Å². The summed E-state index contributed by atoms with van der Waals surface area (Å²) >= 11 is 0. The maximum atomic E-state index is 6.59. The molecule has 0 aromatic rings. The van der Waals surface area contributed by atoms with E-state index in [1.807, 2.05) is 0 Å². The molecule has 1 N–H and O–H groups in total. The van der Waals surface area contributed by atoms with Crippen molar-refractivity contribution in [2.75, 3.05) is 6.54 Å². The van der Waals surface area contributed by atoms with Crippen molar-refractivity contribution >= 4 is 0 Å². The average molecular weight is 223 g/mol. The number of hydrogen-bond donors (Lipinski definition) is 1. The number of hydrogen-bond acceptors (Lipinski definition) is 2. The van der Waals surface area contributed by atoms with Gasteiger partial charge in [0, 0.05) is 12.6 Å². The summed E-state index contributed by atoms with van der Waals surface area (Å²) < 4.78 is 6.59. The van der Waals surface area contributed by atoms with Gasteiger partial charge in [0.2, 0.25) is 0 Å². The van der Waals surface area contributed by atoms with Crippen molar-refractivity contribution in [2.45, 2.75) is 76.5 Å². The molecule has 1 spiro atoms. The van der Waals surface area contributed by atoms with Gasteiger partial charge in [-0.3, -0.25) is 0 Å².